The summed E-state index contributed by atoms with van der Waals surface area (Å²) in [5.74, 6) is -0.893. The fourth-order valence-electron chi connectivity index (χ4n) is 1.78. The van der Waals surface area contributed by atoms with Gasteiger partial charge in [0.25, 0.3) is 0 Å². The molecule has 0 bridgehead atoms. The molecule has 3 nitrogen and oxygen atoms in total. The van der Waals surface area contributed by atoms with E-state index in [2.05, 4.69) is 5.32 Å². The lowest BCUT2D eigenvalue weighted by molar-refractivity contribution is -0.158. The SMILES string of the molecule is CCCNC(c1cc(OC)c(OC)cc1F)C(F)(F)F. The molecule has 1 atom stereocenters. The van der Waals surface area contributed by atoms with Crippen molar-refractivity contribution in [2.45, 2.75) is 25.6 Å². The van der Waals surface area contributed by atoms with Crippen LogP contribution in [0.1, 0.15) is 24.9 Å². The molecule has 0 radical (unpaired) electrons. The molecule has 20 heavy (non-hydrogen) atoms. The van der Waals surface area contributed by atoms with Gasteiger partial charge in [0.2, 0.25) is 0 Å². The second-order valence-electron chi connectivity index (χ2n) is 4.16. The molecular formula is C13H17F4NO2. The van der Waals surface area contributed by atoms with E-state index in [0.717, 1.165) is 12.1 Å². The van der Waals surface area contributed by atoms with Crippen LogP contribution < -0.4 is 14.8 Å². The fraction of sp³-hybridized carbons (Fsp3) is 0.538. The number of ether oxygens (including phenoxy) is 2. The van der Waals surface area contributed by atoms with Crippen molar-refractivity contribution in [3.63, 3.8) is 0 Å². The predicted molar refractivity (Wildman–Crippen MR) is 66.6 cm³/mol. The Bertz CT molecular complexity index is 449. The lowest BCUT2D eigenvalue weighted by atomic mass is 10.0. The molecule has 114 valence electrons. The van der Waals surface area contributed by atoms with Gasteiger partial charge in [-0.05, 0) is 19.0 Å². The summed E-state index contributed by atoms with van der Waals surface area (Å²) in [6.45, 7) is 1.85. The average Bonchev–Trinajstić information content (AvgIpc) is 2.38. The molecule has 7 heteroatoms. The Morgan fingerprint density at radius 2 is 1.70 bits per heavy atom. The zero-order valence-electron chi connectivity index (χ0n) is 11.5. The van der Waals surface area contributed by atoms with Crippen LogP contribution in [0.4, 0.5) is 17.6 Å². The lowest BCUT2D eigenvalue weighted by Gasteiger charge is -2.23. The van der Waals surface area contributed by atoms with E-state index in [1.165, 1.54) is 14.2 Å². The van der Waals surface area contributed by atoms with Gasteiger partial charge in [-0.25, -0.2) is 4.39 Å². The van der Waals surface area contributed by atoms with Gasteiger partial charge in [-0.2, -0.15) is 13.2 Å². The summed E-state index contributed by atoms with van der Waals surface area (Å²) in [6, 6.07) is -0.183. The molecule has 0 aliphatic heterocycles. The topological polar surface area (TPSA) is 30.5 Å². The van der Waals surface area contributed by atoms with Crippen LogP contribution in [-0.2, 0) is 0 Å². The van der Waals surface area contributed by atoms with Crippen LogP contribution in [-0.4, -0.2) is 26.9 Å². The standard InChI is InChI=1S/C13H17F4NO2/c1-4-5-18-12(13(15,16)17)8-6-10(19-2)11(20-3)7-9(8)14/h6-7,12,18H,4-5H2,1-3H3. The van der Waals surface area contributed by atoms with Gasteiger partial charge in [0.15, 0.2) is 11.5 Å². The first-order chi connectivity index (χ1) is 9.35. The van der Waals surface area contributed by atoms with E-state index in [1.54, 1.807) is 6.92 Å². The van der Waals surface area contributed by atoms with Gasteiger partial charge in [-0.3, -0.25) is 0 Å². The first kappa shape index (κ1) is 16.6. The largest absolute Gasteiger partial charge is 0.493 e. The molecule has 1 rings (SSSR count). The first-order valence-corrected chi connectivity index (χ1v) is 6.06. The number of rotatable bonds is 6. The number of hydrogen-bond acceptors (Lipinski definition) is 3. The van der Waals surface area contributed by atoms with Gasteiger partial charge < -0.3 is 14.8 Å². The molecule has 0 amide bonds. The highest BCUT2D eigenvalue weighted by atomic mass is 19.4. The smallest absolute Gasteiger partial charge is 0.408 e. The van der Waals surface area contributed by atoms with Crippen LogP contribution >= 0.6 is 0 Å². The highest BCUT2D eigenvalue weighted by Gasteiger charge is 2.42. The van der Waals surface area contributed by atoms with Crippen LogP contribution in [0.25, 0.3) is 0 Å². The summed E-state index contributed by atoms with van der Waals surface area (Å²) in [5.41, 5.74) is -0.511. The number of alkyl halides is 3. The van der Waals surface area contributed by atoms with Crippen molar-refractivity contribution < 1.29 is 27.0 Å². The summed E-state index contributed by atoms with van der Waals surface area (Å²) in [7, 11) is 2.56. The fourth-order valence-corrected chi connectivity index (χ4v) is 1.78. The molecule has 1 unspecified atom stereocenters. The number of halogens is 4. The summed E-state index contributed by atoms with van der Waals surface area (Å²) >= 11 is 0. The van der Waals surface area contributed by atoms with Gasteiger partial charge in [-0.1, -0.05) is 6.92 Å². The van der Waals surface area contributed by atoms with E-state index >= 15 is 0 Å². The van der Waals surface area contributed by atoms with Gasteiger partial charge in [0.05, 0.1) is 14.2 Å². The Morgan fingerprint density at radius 3 is 2.15 bits per heavy atom. The quantitative estimate of drug-likeness (QED) is 0.815. The summed E-state index contributed by atoms with van der Waals surface area (Å²) in [6.07, 6.45) is -4.10. The third kappa shape index (κ3) is 3.75. The average molecular weight is 295 g/mol. The molecular weight excluding hydrogens is 278 g/mol. The second-order valence-corrected chi connectivity index (χ2v) is 4.16. The normalized spacial score (nSPS) is 13.2. The number of hydrogen-bond donors (Lipinski definition) is 1. The van der Waals surface area contributed by atoms with Crippen LogP contribution in [0.3, 0.4) is 0 Å². The van der Waals surface area contributed by atoms with Crippen LogP contribution in [0, 0.1) is 5.82 Å². The Kier molecular flexibility index (Phi) is 5.62. The van der Waals surface area contributed by atoms with Crippen LogP contribution in [0.2, 0.25) is 0 Å². The molecule has 0 aliphatic carbocycles. The zero-order chi connectivity index (χ0) is 15.3. The molecule has 0 spiro atoms. The molecule has 1 aromatic rings. The van der Waals surface area contributed by atoms with Gasteiger partial charge >= 0.3 is 6.18 Å². The number of benzene rings is 1. The molecule has 0 fully saturated rings. The van der Waals surface area contributed by atoms with Crippen molar-refractivity contribution in [3.8, 4) is 11.5 Å². The van der Waals surface area contributed by atoms with Crippen LogP contribution in [0.15, 0.2) is 12.1 Å². The number of methoxy groups -OCH3 is 2. The molecule has 0 aliphatic rings. The second kappa shape index (κ2) is 6.78. The monoisotopic (exact) mass is 295 g/mol. The van der Waals surface area contributed by atoms with E-state index in [0.29, 0.717) is 6.42 Å². The maximum Gasteiger partial charge on any atom is 0.408 e. The minimum absolute atomic E-state index is 0.0465. The Hall–Kier alpha value is -1.50. The van der Waals surface area contributed by atoms with Gasteiger partial charge in [0.1, 0.15) is 11.9 Å². The molecule has 1 N–H and O–H groups in total. The van der Waals surface area contributed by atoms with Crippen molar-refractivity contribution in [2.75, 3.05) is 20.8 Å². The van der Waals surface area contributed by atoms with Crippen molar-refractivity contribution >= 4 is 0 Å². The highest BCUT2D eigenvalue weighted by molar-refractivity contribution is 5.45. The summed E-state index contributed by atoms with van der Waals surface area (Å²) in [4.78, 5) is 0. The van der Waals surface area contributed by atoms with E-state index < -0.39 is 23.6 Å². The van der Waals surface area contributed by atoms with E-state index in [4.69, 9.17) is 9.47 Å². The number of nitrogens with one attached hydrogen (secondary N) is 1. The molecule has 0 aromatic heterocycles. The van der Waals surface area contributed by atoms with E-state index in [9.17, 15) is 17.6 Å². The third-order valence-electron chi connectivity index (χ3n) is 2.74. The lowest BCUT2D eigenvalue weighted by Crippen LogP contribution is -2.35. The maximum absolute atomic E-state index is 13.9. The molecule has 0 saturated carbocycles. The summed E-state index contributed by atoms with van der Waals surface area (Å²) < 4.78 is 62.7. The van der Waals surface area contributed by atoms with Gasteiger partial charge in [-0.15, -0.1) is 0 Å². The molecule has 1 aromatic carbocycles. The summed E-state index contributed by atoms with van der Waals surface area (Å²) in [5, 5.41) is 2.29. The van der Waals surface area contributed by atoms with E-state index in [-0.39, 0.29) is 18.0 Å². The maximum atomic E-state index is 13.9. The predicted octanol–water partition coefficient (Wildman–Crippen LogP) is 3.45. The Labute approximate surface area is 114 Å². The van der Waals surface area contributed by atoms with Crippen molar-refractivity contribution in [3.05, 3.63) is 23.5 Å². The van der Waals surface area contributed by atoms with Crippen LogP contribution in [0.5, 0.6) is 11.5 Å². The zero-order valence-corrected chi connectivity index (χ0v) is 11.5. The third-order valence-corrected chi connectivity index (χ3v) is 2.74. The van der Waals surface area contributed by atoms with Gasteiger partial charge in [0, 0.05) is 11.6 Å². The Morgan fingerprint density at radius 1 is 1.15 bits per heavy atom. The first-order valence-electron chi connectivity index (χ1n) is 6.06. The van der Waals surface area contributed by atoms with Crippen molar-refractivity contribution in [1.82, 2.24) is 5.32 Å². The minimum atomic E-state index is -4.60. The Balaban J connectivity index is 3.25. The van der Waals surface area contributed by atoms with Crippen molar-refractivity contribution in [1.29, 1.82) is 0 Å². The van der Waals surface area contributed by atoms with Crippen molar-refractivity contribution in [2.24, 2.45) is 0 Å². The molecule has 0 heterocycles. The van der Waals surface area contributed by atoms with E-state index in [1.807, 2.05) is 0 Å². The highest BCUT2D eigenvalue weighted by Crippen LogP contribution is 2.38. The minimum Gasteiger partial charge on any atom is -0.493 e. The molecule has 0 saturated heterocycles.